The van der Waals surface area contributed by atoms with E-state index in [1.54, 1.807) is 11.3 Å². The number of rotatable bonds is 4. The summed E-state index contributed by atoms with van der Waals surface area (Å²) in [6.45, 7) is 3.50. The van der Waals surface area contributed by atoms with Crippen molar-refractivity contribution in [3.63, 3.8) is 0 Å². The van der Waals surface area contributed by atoms with Gasteiger partial charge in [0.2, 0.25) is 0 Å². The zero-order valence-corrected chi connectivity index (χ0v) is 12.7. The number of benzene rings is 1. The number of aromatic nitrogens is 3. The summed E-state index contributed by atoms with van der Waals surface area (Å²) in [6.07, 6.45) is 0.803. The van der Waals surface area contributed by atoms with Crippen molar-refractivity contribution in [3.8, 4) is 11.5 Å². The third-order valence-corrected chi connectivity index (χ3v) is 4.39. The van der Waals surface area contributed by atoms with Crippen LogP contribution in [0.25, 0.3) is 22.6 Å². The van der Waals surface area contributed by atoms with Crippen LogP contribution in [0.2, 0.25) is 5.02 Å². The first kappa shape index (κ1) is 13.5. The summed E-state index contributed by atoms with van der Waals surface area (Å²) in [7, 11) is 0. The average Bonchev–Trinajstić information content (AvgIpc) is 3.03. The number of halogens is 1. The highest BCUT2D eigenvalue weighted by molar-refractivity contribution is 7.09. The van der Waals surface area contributed by atoms with E-state index < -0.39 is 0 Å². The van der Waals surface area contributed by atoms with Gasteiger partial charge in [-0.15, -0.1) is 11.3 Å². The van der Waals surface area contributed by atoms with Crippen molar-refractivity contribution in [2.75, 3.05) is 6.54 Å². The van der Waals surface area contributed by atoms with Gasteiger partial charge in [-0.3, -0.25) is 0 Å². The first-order valence-electron chi connectivity index (χ1n) is 6.54. The molecule has 0 fully saturated rings. The lowest BCUT2D eigenvalue weighted by Gasteiger charge is -2.04. The first-order chi connectivity index (χ1) is 9.74. The summed E-state index contributed by atoms with van der Waals surface area (Å²) in [5, 5.41) is 3.80. The summed E-state index contributed by atoms with van der Waals surface area (Å²) in [6, 6.07) is 5.79. The van der Waals surface area contributed by atoms with Crippen LogP contribution in [0.1, 0.15) is 11.9 Å². The molecule has 3 aromatic rings. The highest BCUT2D eigenvalue weighted by Crippen LogP contribution is 2.30. The van der Waals surface area contributed by atoms with E-state index in [0.29, 0.717) is 6.54 Å². The largest absolute Gasteiger partial charge is 0.330 e. The number of nitrogens with two attached hydrogens (primary N) is 1. The zero-order chi connectivity index (χ0) is 14.1. The van der Waals surface area contributed by atoms with Crippen LogP contribution in [-0.2, 0) is 13.0 Å². The topological polar surface area (TPSA) is 56.7 Å². The molecule has 0 amide bonds. The van der Waals surface area contributed by atoms with Crippen LogP contribution in [-0.4, -0.2) is 21.1 Å². The van der Waals surface area contributed by atoms with Crippen molar-refractivity contribution in [2.24, 2.45) is 5.73 Å². The monoisotopic (exact) mass is 306 g/mol. The maximum absolute atomic E-state index is 6.30. The Kier molecular flexibility index (Phi) is 3.74. The second kappa shape index (κ2) is 5.52. The average molecular weight is 307 g/mol. The highest BCUT2D eigenvalue weighted by atomic mass is 35.5. The molecule has 0 atom stereocenters. The summed E-state index contributed by atoms with van der Waals surface area (Å²) in [4.78, 5) is 9.30. The van der Waals surface area contributed by atoms with E-state index >= 15 is 0 Å². The Hall–Kier alpha value is -1.43. The summed E-state index contributed by atoms with van der Waals surface area (Å²) < 4.78 is 2.11. The molecule has 0 aliphatic heterocycles. The Morgan fingerprint density at radius 1 is 1.35 bits per heavy atom. The number of nitrogens with zero attached hydrogens (tertiary/aromatic N) is 3. The van der Waals surface area contributed by atoms with Gasteiger partial charge in [-0.1, -0.05) is 17.7 Å². The van der Waals surface area contributed by atoms with Gasteiger partial charge in [0.15, 0.2) is 5.82 Å². The van der Waals surface area contributed by atoms with E-state index in [1.165, 1.54) is 0 Å². The first-order valence-corrected chi connectivity index (χ1v) is 7.80. The Bertz CT molecular complexity index is 747. The Morgan fingerprint density at radius 2 is 2.20 bits per heavy atom. The van der Waals surface area contributed by atoms with E-state index in [2.05, 4.69) is 21.5 Å². The van der Waals surface area contributed by atoms with Crippen LogP contribution < -0.4 is 5.73 Å². The molecule has 3 rings (SSSR count). The van der Waals surface area contributed by atoms with Gasteiger partial charge in [0.25, 0.3) is 0 Å². The molecule has 0 spiro atoms. The quantitative estimate of drug-likeness (QED) is 0.804. The molecule has 0 saturated heterocycles. The molecule has 0 unspecified atom stereocenters. The SMILES string of the molecule is CCn1c(-c2csc(CCN)n2)nc2cccc(Cl)c21. The summed E-state index contributed by atoms with van der Waals surface area (Å²) in [5.74, 6) is 0.870. The molecule has 0 aliphatic carbocycles. The third kappa shape index (κ3) is 2.22. The van der Waals surface area contributed by atoms with Gasteiger partial charge in [-0.2, -0.15) is 0 Å². The van der Waals surface area contributed by atoms with Crippen molar-refractivity contribution >= 4 is 34.0 Å². The van der Waals surface area contributed by atoms with Gasteiger partial charge < -0.3 is 10.3 Å². The second-order valence-electron chi connectivity index (χ2n) is 4.45. The fraction of sp³-hybridized carbons (Fsp3) is 0.286. The fourth-order valence-electron chi connectivity index (χ4n) is 2.30. The van der Waals surface area contributed by atoms with Crippen LogP contribution in [0, 0.1) is 0 Å². The van der Waals surface area contributed by atoms with Crippen molar-refractivity contribution < 1.29 is 0 Å². The molecular weight excluding hydrogens is 292 g/mol. The van der Waals surface area contributed by atoms with Gasteiger partial charge in [-0.05, 0) is 25.6 Å². The minimum absolute atomic E-state index is 0.614. The lowest BCUT2D eigenvalue weighted by atomic mass is 10.3. The molecule has 2 N–H and O–H groups in total. The van der Waals surface area contributed by atoms with Gasteiger partial charge >= 0.3 is 0 Å². The van der Waals surface area contributed by atoms with E-state index in [0.717, 1.165) is 45.5 Å². The molecule has 4 nitrogen and oxygen atoms in total. The zero-order valence-electron chi connectivity index (χ0n) is 11.1. The van der Waals surface area contributed by atoms with Gasteiger partial charge in [-0.25, -0.2) is 9.97 Å². The Labute approximate surface area is 126 Å². The number of aryl methyl sites for hydroxylation is 1. The maximum Gasteiger partial charge on any atom is 0.160 e. The summed E-state index contributed by atoms with van der Waals surface area (Å²) in [5.41, 5.74) is 8.35. The van der Waals surface area contributed by atoms with Crippen molar-refractivity contribution in [1.29, 1.82) is 0 Å². The van der Waals surface area contributed by atoms with Gasteiger partial charge in [0, 0.05) is 18.3 Å². The smallest absolute Gasteiger partial charge is 0.160 e. The Balaban J connectivity index is 2.17. The molecule has 0 saturated carbocycles. The summed E-state index contributed by atoms with van der Waals surface area (Å²) >= 11 is 7.93. The highest BCUT2D eigenvalue weighted by Gasteiger charge is 2.16. The number of imidazole rings is 1. The molecule has 20 heavy (non-hydrogen) atoms. The molecule has 0 aliphatic rings. The fourth-order valence-corrected chi connectivity index (χ4v) is 3.36. The molecule has 2 heterocycles. The number of thiazole rings is 1. The molecule has 6 heteroatoms. The molecule has 104 valence electrons. The van der Waals surface area contributed by atoms with Gasteiger partial charge in [0.1, 0.15) is 5.69 Å². The van der Waals surface area contributed by atoms with Crippen LogP contribution in [0.4, 0.5) is 0 Å². The minimum atomic E-state index is 0.614. The van der Waals surface area contributed by atoms with Crippen molar-refractivity contribution in [1.82, 2.24) is 14.5 Å². The van der Waals surface area contributed by atoms with Gasteiger partial charge in [0.05, 0.1) is 21.1 Å². The number of fused-ring (bicyclic) bond motifs is 1. The molecule has 2 aromatic heterocycles. The Morgan fingerprint density at radius 3 is 2.95 bits per heavy atom. The predicted molar refractivity (Wildman–Crippen MR) is 84.3 cm³/mol. The number of hydrogen-bond donors (Lipinski definition) is 1. The number of hydrogen-bond acceptors (Lipinski definition) is 4. The maximum atomic E-state index is 6.30. The van der Waals surface area contributed by atoms with Crippen LogP contribution in [0.3, 0.4) is 0 Å². The molecule has 0 radical (unpaired) electrons. The number of para-hydroxylation sites is 1. The molecule has 0 bridgehead atoms. The van der Waals surface area contributed by atoms with E-state index in [9.17, 15) is 0 Å². The standard InChI is InChI=1S/C14H15ClN4S/c1-2-19-13-9(15)4-3-5-10(13)18-14(19)11-8-20-12(17-11)6-7-16/h3-5,8H,2,6-7,16H2,1H3. The second-order valence-corrected chi connectivity index (χ2v) is 5.80. The lowest BCUT2D eigenvalue weighted by molar-refractivity contribution is 0.793. The normalized spacial score (nSPS) is 11.3. The predicted octanol–water partition coefficient (Wildman–Crippen LogP) is 3.33. The van der Waals surface area contributed by atoms with Crippen molar-refractivity contribution in [2.45, 2.75) is 19.9 Å². The minimum Gasteiger partial charge on any atom is -0.330 e. The molecular formula is C14H15ClN4S. The van der Waals surface area contributed by atoms with E-state index in [1.807, 2.05) is 23.6 Å². The lowest BCUT2D eigenvalue weighted by Crippen LogP contribution is -2.02. The van der Waals surface area contributed by atoms with Crippen LogP contribution in [0.5, 0.6) is 0 Å². The third-order valence-electron chi connectivity index (χ3n) is 3.17. The molecule has 1 aromatic carbocycles. The van der Waals surface area contributed by atoms with Crippen LogP contribution in [0.15, 0.2) is 23.6 Å². The van der Waals surface area contributed by atoms with Crippen molar-refractivity contribution in [3.05, 3.63) is 33.6 Å². The van der Waals surface area contributed by atoms with Crippen LogP contribution >= 0.6 is 22.9 Å². The van der Waals surface area contributed by atoms with E-state index in [4.69, 9.17) is 17.3 Å². The van der Waals surface area contributed by atoms with E-state index in [-0.39, 0.29) is 0 Å².